The molecule has 0 saturated carbocycles. The molecule has 1 aliphatic heterocycles. The van der Waals surface area contributed by atoms with Crippen LogP contribution in [0.25, 0.3) is 0 Å². The summed E-state index contributed by atoms with van der Waals surface area (Å²) in [6, 6.07) is 0. The third kappa shape index (κ3) is 2.56. The average Bonchev–Trinajstić information content (AvgIpc) is 2.63. The first-order chi connectivity index (χ1) is 6.84. The van der Waals surface area contributed by atoms with Gasteiger partial charge in [0.25, 0.3) is 0 Å². The van der Waals surface area contributed by atoms with Crippen LogP contribution in [0.4, 0.5) is 0 Å². The molecule has 2 aliphatic rings. The lowest BCUT2D eigenvalue weighted by molar-refractivity contribution is -0.114. The Balaban J connectivity index is 1.71. The number of carbonyl (C=O) groups excluding carboxylic acids is 1. The van der Waals surface area contributed by atoms with Crippen molar-refractivity contribution in [3.8, 4) is 0 Å². The minimum absolute atomic E-state index is 0.125. The fourth-order valence-electron chi connectivity index (χ4n) is 1.64. The van der Waals surface area contributed by atoms with Gasteiger partial charge in [0.2, 0.25) is 0 Å². The van der Waals surface area contributed by atoms with Crippen LogP contribution >= 0.6 is 0 Å². The molecule has 1 aliphatic carbocycles. The molecule has 1 atom stereocenters. The summed E-state index contributed by atoms with van der Waals surface area (Å²) < 4.78 is 10.7. The van der Waals surface area contributed by atoms with Crippen molar-refractivity contribution >= 4 is 5.78 Å². The lowest BCUT2D eigenvalue weighted by Gasteiger charge is -2.23. The second-order valence-corrected chi connectivity index (χ2v) is 3.58. The Morgan fingerprint density at radius 2 is 2.36 bits per heavy atom. The highest BCUT2D eigenvalue weighted by Gasteiger charge is 2.16. The molecule has 1 heterocycles. The third-order valence-electron chi connectivity index (χ3n) is 2.42. The molecule has 0 aromatic heterocycles. The Morgan fingerprint density at radius 1 is 1.43 bits per heavy atom. The van der Waals surface area contributed by atoms with E-state index in [0.717, 1.165) is 18.7 Å². The normalized spacial score (nSPS) is 27.6. The van der Waals surface area contributed by atoms with E-state index in [1.165, 1.54) is 0 Å². The predicted molar refractivity (Wildman–Crippen MR) is 50.9 cm³/mol. The zero-order chi connectivity index (χ0) is 9.80. The summed E-state index contributed by atoms with van der Waals surface area (Å²) in [6.45, 7) is 2.75. The molecule has 0 aromatic carbocycles. The topological polar surface area (TPSA) is 47.6 Å². The summed E-state index contributed by atoms with van der Waals surface area (Å²) in [7, 11) is 0. The van der Waals surface area contributed by atoms with E-state index < -0.39 is 0 Å². The van der Waals surface area contributed by atoms with Crippen LogP contribution in [0.15, 0.2) is 11.8 Å². The molecule has 1 N–H and O–H groups in total. The molecule has 78 valence electrons. The molecule has 1 unspecified atom stereocenters. The van der Waals surface area contributed by atoms with E-state index in [4.69, 9.17) is 9.47 Å². The van der Waals surface area contributed by atoms with Gasteiger partial charge in [-0.05, 0) is 6.42 Å². The average molecular weight is 197 g/mol. The van der Waals surface area contributed by atoms with Crippen molar-refractivity contribution in [1.29, 1.82) is 0 Å². The van der Waals surface area contributed by atoms with Gasteiger partial charge in [-0.1, -0.05) is 0 Å². The van der Waals surface area contributed by atoms with E-state index in [1.807, 2.05) is 0 Å². The Morgan fingerprint density at radius 3 is 3.00 bits per heavy atom. The molecule has 1 saturated heterocycles. The maximum Gasteiger partial charge on any atom is 0.157 e. The molecular formula is C10H15NO3. The van der Waals surface area contributed by atoms with Crippen molar-refractivity contribution in [3.05, 3.63) is 11.8 Å². The standard InChI is InChI=1S/C10H15NO3/c12-9-2-1-8(5-9)11-6-10-7-13-3-4-14-10/h5,10-11H,1-4,6-7H2. The van der Waals surface area contributed by atoms with Crippen molar-refractivity contribution < 1.29 is 14.3 Å². The van der Waals surface area contributed by atoms with Crippen LogP contribution in [-0.2, 0) is 14.3 Å². The van der Waals surface area contributed by atoms with Crippen molar-refractivity contribution in [1.82, 2.24) is 5.32 Å². The number of rotatable bonds is 3. The number of ketones is 1. The Hall–Kier alpha value is -0.870. The van der Waals surface area contributed by atoms with Crippen molar-refractivity contribution in [2.24, 2.45) is 0 Å². The van der Waals surface area contributed by atoms with E-state index in [0.29, 0.717) is 26.2 Å². The van der Waals surface area contributed by atoms with Gasteiger partial charge in [-0.3, -0.25) is 4.79 Å². The minimum Gasteiger partial charge on any atom is -0.386 e. The molecular weight excluding hydrogens is 182 g/mol. The van der Waals surface area contributed by atoms with Gasteiger partial charge >= 0.3 is 0 Å². The van der Waals surface area contributed by atoms with E-state index in [9.17, 15) is 4.79 Å². The molecule has 0 spiro atoms. The molecule has 14 heavy (non-hydrogen) atoms. The fraction of sp³-hybridized carbons (Fsp3) is 0.700. The number of ether oxygens (including phenoxy) is 2. The molecule has 0 bridgehead atoms. The van der Waals surface area contributed by atoms with Gasteiger partial charge in [-0.2, -0.15) is 0 Å². The van der Waals surface area contributed by atoms with Gasteiger partial charge in [0.15, 0.2) is 5.78 Å². The number of carbonyl (C=O) groups is 1. The Bertz CT molecular complexity index is 244. The molecule has 2 rings (SSSR count). The number of hydrogen-bond acceptors (Lipinski definition) is 4. The van der Waals surface area contributed by atoms with Crippen molar-refractivity contribution in [2.75, 3.05) is 26.4 Å². The van der Waals surface area contributed by atoms with Crippen molar-refractivity contribution in [2.45, 2.75) is 18.9 Å². The quantitative estimate of drug-likeness (QED) is 0.704. The third-order valence-corrected chi connectivity index (χ3v) is 2.42. The SMILES string of the molecule is O=C1C=C(NCC2COCCO2)CC1. The van der Waals surface area contributed by atoms with Crippen LogP contribution in [-0.4, -0.2) is 38.3 Å². The highest BCUT2D eigenvalue weighted by Crippen LogP contribution is 2.12. The Labute approximate surface area is 83.3 Å². The molecule has 1 fully saturated rings. The van der Waals surface area contributed by atoms with Crippen LogP contribution < -0.4 is 5.32 Å². The first-order valence-electron chi connectivity index (χ1n) is 5.01. The number of nitrogens with one attached hydrogen (secondary N) is 1. The van der Waals surface area contributed by atoms with Crippen LogP contribution in [0, 0.1) is 0 Å². The van der Waals surface area contributed by atoms with E-state index in [2.05, 4.69) is 5.32 Å². The van der Waals surface area contributed by atoms with E-state index in [-0.39, 0.29) is 11.9 Å². The molecule has 4 nitrogen and oxygen atoms in total. The molecule has 0 amide bonds. The van der Waals surface area contributed by atoms with Gasteiger partial charge in [0.05, 0.1) is 25.9 Å². The van der Waals surface area contributed by atoms with Crippen LogP contribution in [0.5, 0.6) is 0 Å². The summed E-state index contributed by atoms with van der Waals surface area (Å²) in [4.78, 5) is 10.9. The van der Waals surface area contributed by atoms with Crippen LogP contribution in [0.2, 0.25) is 0 Å². The summed E-state index contributed by atoms with van der Waals surface area (Å²) in [6.07, 6.45) is 3.29. The molecule has 0 radical (unpaired) electrons. The van der Waals surface area contributed by atoms with Gasteiger partial charge in [-0.25, -0.2) is 0 Å². The second-order valence-electron chi connectivity index (χ2n) is 3.58. The van der Waals surface area contributed by atoms with Gasteiger partial charge in [0.1, 0.15) is 0 Å². The first-order valence-corrected chi connectivity index (χ1v) is 5.01. The predicted octanol–water partition coefficient (Wildman–Crippen LogP) is 0.238. The maximum absolute atomic E-state index is 10.9. The van der Waals surface area contributed by atoms with Crippen LogP contribution in [0.3, 0.4) is 0 Å². The van der Waals surface area contributed by atoms with Crippen LogP contribution in [0.1, 0.15) is 12.8 Å². The molecule has 4 heteroatoms. The van der Waals surface area contributed by atoms with Crippen molar-refractivity contribution in [3.63, 3.8) is 0 Å². The second kappa shape index (κ2) is 4.57. The summed E-state index contributed by atoms with van der Waals surface area (Å²) in [5.41, 5.74) is 1.03. The van der Waals surface area contributed by atoms with E-state index in [1.54, 1.807) is 6.08 Å². The first kappa shape index (κ1) is 9.68. The van der Waals surface area contributed by atoms with Gasteiger partial charge in [-0.15, -0.1) is 0 Å². The summed E-state index contributed by atoms with van der Waals surface area (Å²) in [5, 5.41) is 3.22. The summed E-state index contributed by atoms with van der Waals surface area (Å²) >= 11 is 0. The summed E-state index contributed by atoms with van der Waals surface area (Å²) in [5.74, 6) is 0.216. The maximum atomic E-state index is 10.9. The minimum atomic E-state index is 0.125. The number of hydrogen-bond donors (Lipinski definition) is 1. The number of allylic oxidation sites excluding steroid dienone is 2. The molecule has 0 aromatic rings. The smallest absolute Gasteiger partial charge is 0.157 e. The lowest BCUT2D eigenvalue weighted by Crippen LogP contribution is -2.36. The zero-order valence-electron chi connectivity index (χ0n) is 8.12. The van der Waals surface area contributed by atoms with E-state index >= 15 is 0 Å². The lowest BCUT2D eigenvalue weighted by atomic mass is 10.3. The highest BCUT2D eigenvalue weighted by molar-refractivity contribution is 5.92. The monoisotopic (exact) mass is 197 g/mol. The zero-order valence-corrected chi connectivity index (χ0v) is 8.12. The van der Waals surface area contributed by atoms with Gasteiger partial charge < -0.3 is 14.8 Å². The Kier molecular flexibility index (Phi) is 3.16. The largest absolute Gasteiger partial charge is 0.386 e. The highest BCUT2D eigenvalue weighted by atomic mass is 16.6. The van der Waals surface area contributed by atoms with Gasteiger partial charge in [0, 0.05) is 24.7 Å². The fourth-order valence-corrected chi connectivity index (χ4v) is 1.64.